The summed E-state index contributed by atoms with van der Waals surface area (Å²) in [6.07, 6.45) is 5.51. The smallest absolute Gasteiger partial charge is 0.258 e. The van der Waals surface area contributed by atoms with Crippen molar-refractivity contribution in [3.05, 3.63) is 71.3 Å². The molecule has 1 aliphatic carbocycles. The summed E-state index contributed by atoms with van der Waals surface area (Å²) in [6.45, 7) is 4.54. The number of aromatic nitrogens is 4. The highest BCUT2D eigenvalue weighted by atomic mass is 16.5. The van der Waals surface area contributed by atoms with E-state index in [1.807, 2.05) is 38.2 Å². The van der Waals surface area contributed by atoms with E-state index >= 15 is 0 Å². The standard InChI is InChI=1S/C25H24N6O2/c1-15(2)32-22-9-6-16(12-17(22)13-26)25-30-24(31-33-25)20-5-3-4-19-18(20)7-8-21(19)29-14-23-27-10-11-28-23/h3-6,9-12,15,21,29H,7-8,14H2,1-2H3,(H,27,28). The van der Waals surface area contributed by atoms with Crippen LogP contribution in [0.5, 0.6) is 5.75 Å². The van der Waals surface area contributed by atoms with Crippen LogP contribution in [0.2, 0.25) is 0 Å². The largest absolute Gasteiger partial charge is 0.490 e. The summed E-state index contributed by atoms with van der Waals surface area (Å²) in [5, 5.41) is 17.3. The topological polar surface area (TPSA) is 113 Å². The average Bonchev–Trinajstić information content (AvgIpc) is 3.58. The van der Waals surface area contributed by atoms with Gasteiger partial charge in [-0.15, -0.1) is 0 Å². The fourth-order valence-electron chi connectivity index (χ4n) is 4.25. The maximum absolute atomic E-state index is 9.51. The third-order valence-electron chi connectivity index (χ3n) is 5.72. The van der Waals surface area contributed by atoms with Crippen molar-refractivity contribution in [3.8, 4) is 34.7 Å². The Morgan fingerprint density at radius 1 is 1.30 bits per heavy atom. The van der Waals surface area contributed by atoms with Gasteiger partial charge in [0.25, 0.3) is 5.89 Å². The monoisotopic (exact) mass is 440 g/mol. The number of ether oxygens (including phenoxy) is 1. The molecule has 0 aliphatic heterocycles. The number of rotatable bonds is 7. The van der Waals surface area contributed by atoms with Crippen molar-refractivity contribution in [3.63, 3.8) is 0 Å². The third kappa shape index (κ3) is 4.23. The lowest BCUT2D eigenvalue weighted by Gasteiger charge is -2.13. The normalized spacial score (nSPS) is 14.9. The van der Waals surface area contributed by atoms with E-state index in [-0.39, 0.29) is 12.1 Å². The lowest BCUT2D eigenvalue weighted by Crippen LogP contribution is -2.19. The molecule has 0 spiro atoms. The maximum atomic E-state index is 9.51. The second kappa shape index (κ2) is 8.88. The molecule has 1 aliphatic rings. The molecule has 0 radical (unpaired) electrons. The highest BCUT2D eigenvalue weighted by molar-refractivity contribution is 5.67. The van der Waals surface area contributed by atoms with E-state index < -0.39 is 0 Å². The number of nitrogens with zero attached hydrogens (tertiary/aromatic N) is 4. The van der Waals surface area contributed by atoms with E-state index in [1.165, 1.54) is 11.1 Å². The molecule has 2 aromatic carbocycles. The summed E-state index contributed by atoms with van der Waals surface area (Å²) in [5.74, 6) is 2.39. The molecule has 5 rings (SSSR count). The zero-order valence-corrected chi connectivity index (χ0v) is 18.5. The number of H-pyrrole nitrogens is 1. The van der Waals surface area contributed by atoms with Gasteiger partial charge < -0.3 is 19.6 Å². The molecular weight excluding hydrogens is 416 g/mol. The molecule has 1 unspecified atom stereocenters. The molecule has 2 aromatic heterocycles. The molecule has 33 heavy (non-hydrogen) atoms. The Bertz CT molecular complexity index is 1300. The first-order chi connectivity index (χ1) is 16.1. The SMILES string of the molecule is CC(C)Oc1ccc(-c2nc(-c3cccc4c3CCC4NCc3ncc[nH]3)no2)cc1C#N. The van der Waals surface area contributed by atoms with Gasteiger partial charge in [0.15, 0.2) is 0 Å². The van der Waals surface area contributed by atoms with Crippen molar-refractivity contribution < 1.29 is 9.26 Å². The van der Waals surface area contributed by atoms with Crippen LogP contribution >= 0.6 is 0 Å². The maximum Gasteiger partial charge on any atom is 0.258 e. The van der Waals surface area contributed by atoms with Gasteiger partial charge in [0.1, 0.15) is 17.6 Å². The Morgan fingerprint density at radius 3 is 3.00 bits per heavy atom. The molecule has 0 fully saturated rings. The van der Waals surface area contributed by atoms with E-state index in [1.54, 1.807) is 18.3 Å². The Kier molecular flexibility index (Phi) is 5.63. The lowest BCUT2D eigenvalue weighted by molar-refractivity contribution is 0.241. The van der Waals surface area contributed by atoms with Crippen LogP contribution in [0.1, 0.15) is 48.8 Å². The number of fused-ring (bicyclic) bond motifs is 1. The highest BCUT2D eigenvalue weighted by Gasteiger charge is 2.26. The third-order valence-corrected chi connectivity index (χ3v) is 5.72. The predicted octanol–water partition coefficient (Wildman–Crippen LogP) is 4.56. The summed E-state index contributed by atoms with van der Waals surface area (Å²) in [5.41, 5.74) is 4.59. The van der Waals surface area contributed by atoms with E-state index in [0.717, 1.165) is 24.2 Å². The number of nitriles is 1. The van der Waals surface area contributed by atoms with Gasteiger partial charge in [-0.05, 0) is 56.0 Å². The average molecular weight is 441 g/mol. The molecule has 4 aromatic rings. The van der Waals surface area contributed by atoms with Gasteiger partial charge in [-0.1, -0.05) is 23.4 Å². The number of hydrogen-bond acceptors (Lipinski definition) is 7. The van der Waals surface area contributed by atoms with Gasteiger partial charge in [0, 0.05) is 29.6 Å². The minimum absolute atomic E-state index is 0.0180. The molecule has 8 heteroatoms. The molecule has 8 nitrogen and oxygen atoms in total. The molecule has 0 amide bonds. The molecule has 2 heterocycles. The quantitative estimate of drug-likeness (QED) is 0.433. The number of hydrogen-bond donors (Lipinski definition) is 2. The first-order valence-electron chi connectivity index (χ1n) is 11.0. The Balaban J connectivity index is 1.39. The Labute approximate surface area is 191 Å². The summed E-state index contributed by atoms with van der Waals surface area (Å²) >= 11 is 0. The van der Waals surface area contributed by atoms with E-state index in [2.05, 4.69) is 37.6 Å². The second-order valence-electron chi connectivity index (χ2n) is 8.29. The van der Waals surface area contributed by atoms with Crippen molar-refractivity contribution >= 4 is 0 Å². The van der Waals surface area contributed by atoms with E-state index in [9.17, 15) is 5.26 Å². The van der Waals surface area contributed by atoms with Crippen molar-refractivity contribution in [2.45, 2.75) is 45.4 Å². The molecule has 2 N–H and O–H groups in total. The first kappa shape index (κ1) is 20.9. The minimum Gasteiger partial charge on any atom is -0.490 e. The van der Waals surface area contributed by atoms with Crippen LogP contribution in [0.4, 0.5) is 0 Å². The van der Waals surface area contributed by atoms with Gasteiger partial charge in [0.2, 0.25) is 5.82 Å². The Hall–Kier alpha value is -3.96. The van der Waals surface area contributed by atoms with E-state index in [0.29, 0.717) is 35.1 Å². The Morgan fingerprint density at radius 2 is 2.21 bits per heavy atom. The zero-order valence-electron chi connectivity index (χ0n) is 18.5. The molecule has 0 saturated carbocycles. The fourth-order valence-corrected chi connectivity index (χ4v) is 4.25. The summed E-state index contributed by atoms with van der Waals surface area (Å²) in [6, 6.07) is 14.0. The number of aromatic amines is 1. The van der Waals surface area contributed by atoms with Crippen molar-refractivity contribution in [2.75, 3.05) is 0 Å². The first-order valence-corrected chi connectivity index (χ1v) is 11.0. The molecule has 166 valence electrons. The second-order valence-corrected chi connectivity index (χ2v) is 8.29. The van der Waals surface area contributed by atoms with Crippen LogP contribution < -0.4 is 10.1 Å². The summed E-state index contributed by atoms with van der Waals surface area (Å²) < 4.78 is 11.3. The van der Waals surface area contributed by atoms with Gasteiger partial charge in [-0.3, -0.25) is 0 Å². The van der Waals surface area contributed by atoms with Crippen LogP contribution in [0.25, 0.3) is 22.8 Å². The highest BCUT2D eigenvalue weighted by Crippen LogP contribution is 2.37. The van der Waals surface area contributed by atoms with Gasteiger partial charge in [-0.25, -0.2) is 4.98 Å². The van der Waals surface area contributed by atoms with Crippen molar-refractivity contribution in [1.82, 2.24) is 25.4 Å². The molecule has 1 atom stereocenters. The summed E-state index contributed by atoms with van der Waals surface area (Å²) in [4.78, 5) is 12.1. The van der Waals surface area contributed by atoms with Crippen molar-refractivity contribution in [1.29, 1.82) is 5.26 Å². The van der Waals surface area contributed by atoms with Gasteiger partial charge >= 0.3 is 0 Å². The number of nitrogens with one attached hydrogen (secondary N) is 2. The van der Waals surface area contributed by atoms with Crippen LogP contribution in [0, 0.1) is 11.3 Å². The van der Waals surface area contributed by atoms with Gasteiger partial charge in [0.05, 0.1) is 18.2 Å². The minimum atomic E-state index is -0.0180. The van der Waals surface area contributed by atoms with Crippen LogP contribution in [0.3, 0.4) is 0 Å². The summed E-state index contributed by atoms with van der Waals surface area (Å²) in [7, 11) is 0. The van der Waals surface area contributed by atoms with Gasteiger partial charge in [-0.2, -0.15) is 10.2 Å². The van der Waals surface area contributed by atoms with Crippen LogP contribution in [-0.4, -0.2) is 26.2 Å². The lowest BCUT2D eigenvalue weighted by atomic mass is 10.0. The van der Waals surface area contributed by atoms with E-state index in [4.69, 9.17) is 9.26 Å². The molecule has 0 bridgehead atoms. The zero-order chi connectivity index (χ0) is 22.8. The predicted molar refractivity (Wildman–Crippen MR) is 122 cm³/mol. The molecular formula is C25H24N6O2. The van der Waals surface area contributed by atoms with Crippen LogP contribution in [-0.2, 0) is 13.0 Å². The van der Waals surface area contributed by atoms with Crippen molar-refractivity contribution in [2.24, 2.45) is 0 Å². The number of imidazole rings is 1. The van der Waals surface area contributed by atoms with Crippen LogP contribution in [0.15, 0.2) is 53.3 Å². The number of benzene rings is 2. The fraction of sp³-hybridized carbons (Fsp3) is 0.280. The molecule has 0 saturated heterocycles.